The van der Waals surface area contributed by atoms with Gasteiger partial charge in [-0.15, -0.1) is 0 Å². The highest BCUT2D eigenvalue weighted by Crippen LogP contribution is 2.33. The molecule has 1 atom stereocenters. The van der Waals surface area contributed by atoms with Gasteiger partial charge in [-0.1, -0.05) is 0 Å². The van der Waals surface area contributed by atoms with Crippen molar-refractivity contribution in [3.8, 4) is 11.5 Å². The summed E-state index contributed by atoms with van der Waals surface area (Å²) in [7, 11) is 3.14. The molecule has 1 saturated heterocycles. The third kappa shape index (κ3) is 3.79. The van der Waals surface area contributed by atoms with E-state index in [0.717, 1.165) is 0 Å². The molecule has 2 rings (SSSR count). The predicted octanol–water partition coefficient (Wildman–Crippen LogP) is 1.30. The molecule has 24 heavy (non-hydrogen) atoms. The van der Waals surface area contributed by atoms with Crippen molar-refractivity contribution in [3.05, 3.63) is 18.2 Å². The molecule has 0 saturated carbocycles. The number of hydrogen-bond acceptors (Lipinski definition) is 6. The molecule has 0 bridgehead atoms. The monoisotopic (exact) mass is 336 g/mol. The quantitative estimate of drug-likeness (QED) is 0.730. The topological polar surface area (TPSA) is 68.3 Å². The number of amides is 1. The van der Waals surface area contributed by atoms with Crippen molar-refractivity contribution < 1.29 is 23.8 Å². The fourth-order valence-electron chi connectivity index (χ4n) is 2.75. The third-order valence-electron chi connectivity index (χ3n) is 4.10. The summed E-state index contributed by atoms with van der Waals surface area (Å²) in [6.07, 6.45) is 0. The Morgan fingerprint density at radius 3 is 2.62 bits per heavy atom. The maximum atomic E-state index is 12.7. The maximum absolute atomic E-state index is 12.7. The number of anilines is 1. The molecule has 132 valence electrons. The van der Waals surface area contributed by atoms with Crippen LogP contribution in [0.5, 0.6) is 11.5 Å². The molecule has 0 N–H and O–H groups in total. The van der Waals surface area contributed by atoms with Crippen molar-refractivity contribution in [2.24, 2.45) is 0 Å². The smallest absolute Gasteiger partial charge is 0.320 e. The normalized spacial score (nSPS) is 18.4. The highest BCUT2D eigenvalue weighted by atomic mass is 16.5. The minimum absolute atomic E-state index is 0.0750. The summed E-state index contributed by atoms with van der Waals surface area (Å²) in [5.41, 5.74) is 0.700. The second-order valence-corrected chi connectivity index (χ2v) is 5.48. The number of carbonyl (C=O) groups excluding carboxylic acids is 2. The van der Waals surface area contributed by atoms with Crippen LogP contribution < -0.4 is 14.4 Å². The average Bonchev–Trinajstić information content (AvgIpc) is 2.59. The SMILES string of the molecule is CCOC(=O)CN1CCN(c2ccc(OC)cc2OC)C(=O)C1C. The van der Waals surface area contributed by atoms with E-state index in [2.05, 4.69) is 0 Å². The van der Waals surface area contributed by atoms with Crippen molar-refractivity contribution in [2.45, 2.75) is 19.9 Å². The first-order chi connectivity index (χ1) is 11.5. The lowest BCUT2D eigenvalue weighted by Crippen LogP contribution is -2.57. The second-order valence-electron chi connectivity index (χ2n) is 5.48. The van der Waals surface area contributed by atoms with Crippen LogP contribution in [-0.2, 0) is 14.3 Å². The van der Waals surface area contributed by atoms with Crippen molar-refractivity contribution in [2.75, 3.05) is 45.4 Å². The lowest BCUT2D eigenvalue weighted by molar-refractivity contribution is -0.145. The molecule has 0 aliphatic carbocycles. The van der Waals surface area contributed by atoms with E-state index in [-0.39, 0.29) is 18.4 Å². The molecule has 1 aromatic carbocycles. The number of carbonyl (C=O) groups is 2. The molecule has 1 aliphatic rings. The fourth-order valence-corrected chi connectivity index (χ4v) is 2.75. The van der Waals surface area contributed by atoms with Crippen LogP contribution in [0.4, 0.5) is 5.69 Å². The largest absolute Gasteiger partial charge is 0.497 e. The number of piperazine rings is 1. The molecule has 1 unspecified atom stereocenters. The zero-order valence-electron chi connectivity index (χ0n) is 14.6. The Balaban J connectivity index is 2.15. The first-order valence-corrected chi connectivity index (χ1v) is 7.94. The van der Waals surface area contributed by atoms with E-state index in [9.17, 15) is 9.59 Å². The van der Waals surface area contributed by atoms with Gasteiger partial charge in [0.2, 0.25) is 5.91 Å². The first kappa shape index (κ1) is 18.1. The van der Waals surface area contributed by atoms with Crippen LogP contribution in [0.2, 0.25) is 0 Å². The Labute approximate surface area is 142 Å². The summed E-state index contributed by atoms with van der Waals surface area (Å²) < 4.78 is 15.5. The lowest BCUT2D eigenvalue weighted by Gasteiger charge is -2.38. The summed E-state index contributed by atoms with van der Waals surface area (Å²) in [5.74, 6) is 0.854. The zero-order valence-corrected chi connectivity index (χ0v) is 14.6. The Morgan fingerprint density at radius 1 is 1.25 bits per heavy atom. The van der Waals surface area contributed by atoms with Crippen LogP contribution >= 0.6 is 0 Å². The van der Waals surface area contributed by atoms with Crippen LogP contribution in [0, 0.1) is 0 Å². The molecule has 1 aromatic rings. The van der Waals surface area contributed by atoms with E-state index in [4.69, 9.17) is 14.2 Å². The first-order valence-electron chi connectivity index (χ1n) is 7.94. The predicted molar refractivity (Wildman–Crippen MR) is 89.6 cm³/mol. The molecular weight excluding hydrogens is 312 g/mol. The van der Waals surface area contributed by atoms with Crippen molar-refractivity contribution in [1.29, 1.82) is 0 Å². The van der Waals surface area contributed by atoms with Gasteiger partial charge in [0.25, 0.3) is 0 Å². The molecule has 7 nitrogen and oxygen atoms in total. The number of nitrogens with zero attached hydrogens (tertiary/aromatic N) is 2. The van der Waals surface area contributed by atoms with Crippen LogP contribution in [0.1, 0.15) is 13.8 Å². The summed E-state index contributed by atoms with van der Waals surface area (Å²) in [4.78, 5) is 27.9. The molecule has 1 amide bonds. The number of methoxy groups -OCH3 is 2. The van der Waals surface area contributed by atoms with Crippen molar-refractivity contribution in [1.82, 2.24) is 4.90 Å². The lowest BCUT2D eigenvalue weighted by atomic mass is 10.1. The molecule has 1 aliphatic heterocycles. The van der Waals surface area contributed by atoms with Gasteiger partial charge in [-0.2, -0.15) is 0 Å². The van der Waals surface area contributed by atoms with Crippen molar-refractivity contribution in [3.63, 3.8) is 0 Å². The highest BCUT2D eigenvalue weighted by Gasteiger charge is 2.34. The molecule has 0 radical (unpaired) electrons. The number of rotatable bonds is 6. The summed E-state index contributed by atoms with van der Waals surface area (Å²) in [6.45, 7) is 5.08. The molecular formula is C17H24N2O5. The maximum Gasteiger partial charge on any atom is 0.320 e. The van der Waals surface area contributed by atoms with Gasteiger partial charge in [-0.25, -0.2) is 0 Å². The van der Waals surface area contributed by atoms with E-state index < -0.39 is 6.04 Å². The minimum atomic E-state index is -0.407. The van der Waals surface area contributed by atoms with E-state index in [1.807, 2.05) is 11.0 Å². The van der Waals surface area contributed by atoms with Gasteiger partial charge in [0.05, 0.1) is 39.1 Å². The Morgan fingerprint density at radius 2 is 2.00 bits per heavy atom. The molecule has 1 heterocycles. The Kier molecular flexibility index (Phi) is 6.03. The Hall–Kier alpha value is -2.28. The Bertz CT molecular complexity index is 605. The van der Waals surface area contributed by atoms with Gasteiger partial charge in [0, 0.05) is 19.2 Å². The fraction of sp³-hybridized carbons (Fsp3) is 0.529. The van der Waals surface area contributed by atoms with Gasteiger partial charge in [0.15, 0.2) is 0 Å². The van der Waals surface area contributed by atoms with Gasteiger partial charge >= 0.3 is 5.97 Å². The number of benzene rings is 1. The van der Waals surface area contributed by atoms with Gasteiger partial charge in [0.1, 0.15) is 11.5 Å². The van der Waals surface area contributed by atoms with Crippen LogP contribution in [-0.4, -0.2) is 63.3 Å². The van der Waals surface area contributed by atoms with Crippen molar-refractivity contribution >= 4 is 17.6 Å². The van der Waals surface area contributed by atoms with Crippen LogP contribution in [0.15, 0.2) is 18.2 Å². The average molecular weight is 336 g/mol. The number of ether oxygens (including phenoxy) is 3. The van der Waals surface area contributed by atoms with Crippen LogP contribution in [0.3, 0.4) is 0 Å². The summed E-state index contributed by atoms with van der Waals surface area (Å²) in [6, 6.07) is 4.94. The third-order valence-corrected chi connectivity index (χ3v) is 4.10. The van der Waals surface area contributed by atoms with E-state index >= 15 is 0 Å². The zero-order chi connectivity index (χ0) is 17.7. The second kappa shape index (κ2) is 8.01. The van der Waals surface area contributed by atoms with Gasteiger partial charge < -0.3 is 19.1 Å². The molecule has 0 aromatic heterocycles. The van der Waals surface area contributed by atoms with E-state index in [1.165, 1.54) is 0 Å². The summed E-state index contributed by atoms with van der Waals surface area (Å²) in [5, 5.41) is 0. The van der Waals surface area contributed by atoms with Gasteiger partial charge in [-0.05, 0) is 26.0 Å². The molecule has 1 fully saturated rings. The molecule has 7 heteroatoms. The number of esters is 1. The molecule has 0 spiro atoms. The van der Waals surface area contributed by atoms with E-state index in [1.54, 1.807) is 45.1 Å². The number of hydrogen-bond donors (Lipinski definition) is 0. The highest BCUT2D eigenvalue weighted by molar-refractivity contribution is 5.99. The minimum Gasteiger partial charge on any atom is -0.497 e. The van der Waals surface area contributed by atoms with Gasteiger partial charge in [-0.3, -0.25) is 14.5 Å². The standard InChI is InChI=1S/C17H24N2O5/c1-5-24-16(20)11-18-8-9-19(17(21)12(18)2)14-7-6-13(22-3)10-15(14)23-4/h6-7,10,12H,5,8-9,11H2,1-4H3. The van der Waals surface area contributed by atoms with E-state index in [0.29, 0.717) is 36.9 Å². The van der Waals surface area contributed by atoms with Crippen LogP contribution in [0.25, 0.3) is 0 Å². The summed E-state index contributed by atoms with van der Waals surface area (Å²) >= 11 is 0.